The molecule has 0 fully saturated rings. The minimum Gasteiger partial charge on any atom is -0.494 e. The Labute approximate surface area is 136 Å². The van der Waals surface area contributed by atoms with Crippen molar-refractivity contribution in [1.29, 1.82) is 0 Å². The number of benzene rings is 1. The number of pyridine rings is 1. The number of aryl methyl sites for hydroxylation is 1. The Bertz CT molecular complexity index is 824. The van der Waals surface area contributed by atoms with Crippen LogP contribution in [0.4, 0.5) is 11.5 Å². The number of hydrogen-bond acceptors (Lipinski definition) is 4. The first kappa shape index (κ1) is 14.7. The molecule has 3 rings (SSSR count). The van der Waals surface area contributed by atoms with Gasteiger partial charge in [0.05, 0.1) is 18.0 Å². The van der Waals surface area contributed by atoms with Crippen LogP contribution in [0.1, 0.15) is 12.6 Å². The van der Waals surface area contributed by atoms with E-state index in [1.165, 1.54) is 0 Å². The van der Waals surface area contributed by atoms with Crippen LogP contribution < -0.4 is 4.74 Å². The van der Waals surface area contributed by atoms with E-state index in [2.05, 4.69) is 31.1 Å². The third-order valence-corrected chi connectivity index (χ3v) is 3.60. The van der Waals surface area contributed by atoms with Gasteiger partial charge in [-0.3, -0.25) is 4.40 Å². The molecule has 22 heavy (non-hydrogen) atoms. The zero-order chi connectivity index (χ0) is 15.5. The van der Waals surface area contributed by atoms with Gasteiger partial charge in [-0.25, -0.2) is 4.98 Å². The van der Waals surface area contributed by atoms with E-state index in [0.29, 0.717) is 6.61 Å². The molecule has 0 radical (unpaired) electrons. The lowest BCUT2D eigenvalue weighted by Gasteiger charge is -2.01. The third kappa shape index (κ3) is 3.01. The predicted octanol–water partition coefficient (Wildman–Crippen LogP) is 5.22. The van der Waals surface area contributed by atoms with Crippen LogP contribution in [0.5, 0.6) is 5.75 Å². The molecule has 6 heteroatoms. The van der Waals surface area contributed by atoms with Gasteiger partial charge >= 0.3 is 0 Å². The van der Waals surface area contributed by atoms with Crippen LogP contribution in [0.3, 0.4) is 0 Å². The summed E-state index contributed by atoms with van der Waals surface area (Å²) in [4.78, 5) is 4.47. The van der Waals surface area contributed by atoms with Crippen molar-refractivity contribution in [2.45, 2.75) is 13.8 Å². The average Bonchev–Trinajstić information content (AvgIpc) is 2.82. The smallest absolute Gasteiger partial charge is 0.182 e. The fraction of sp³-hybridized carbons (Fsp3) is 0.188. The summed E-state index contributed by atoms with van der Waals surface area (Å²) in [5.74, 6) is 1.56. The highest BCUT2D eigenvalue weighted by molar-refractivity contribution is 9.10. The van der Waals surface area contributed by atoms with E-state index >= 15 is 0 Å². The van der Waals surface area contributed by atoms with E-state index in [1.54, 1.807) is 0 Å². The molecule has 0 saturated carbocycles. The Kier molecular flexibility index (Phi) is 4.20. The lowest BCUT2D eigenvalue weighted by Crippen LogP contribution is -1.89. The maximum atomic E-state index is 5.41. The van der Waals surface area contributed by atoms with Crippen molar-refractivity contribution in [3.05, 3.63) is 52.8 Å². The zero-order valence-corrected chi connectivity index (χ0v) is 13.9. The molecular formula is C16H15BrN4O. The number of nitrogens with zero attached hydrogens (tertiary/aromatic N) is 4. The standard InChI is InChI=1S/C16H15BrN4O/c1-3-22-14-7-5-13(6-8-14)19-20-16-11(2)18-15-9-4-12(17)10-21(15)16/h4-10H,3H2,1-2H3. The number of aromatic nitrogens is 2. The summed E-state index contributed by atoms with van der Waals surface area (Å²) in [6.07, 6.45) is 1.93. The monoisotopic (exact) mass is 358 g/mol. The lowest BCUT2D eigenvalue weighted by atomic mass is 10.3. The van der Waals surface area contributed by atoms with Gasteiger partial charge in [-0.05, 0) is 66.2 Å². The molecule has 112 valence electrons. The van der Waals surface area contributed by atoms with Crippen molar-refractivity contribution >= 4 is 33.1 Å². The molecule has 2 aromatic heterocycles. The van der Waals surface area contributed by atoms with Gasteiger partial charge in [-0.1, -0.05) is 0 Å². The molecule has 0 amide bonds. The third-order valence-electron chi connectivity index (χ3n) is 3.13. The first-order valence-electron chi connectivity index (χ1n) is 6.96. The molecule has 0 aliphatic heterocycles. The molecule has 0 unspecified atom stereocenters. The maximum Gasteiger partial charge on any atom is 0.182 e. The highest BCUT2D eigenvalue weighted by Gasteiger charge is 2.08. The highest BCUT2D eigenvalue weighted by Crippen LogP contribution is 2.26. The summed E-state index contributed by atoms with van der Waals surface area (Å²) in [7, 11) is 0. The first-order chi connectivity index (χ1) is 10.7. The number of ether oxygens (including phenoxy) is 1. The first-order valence-corrected chi connectivity index (χ1v) is 7.75. The Hall–Kier alpha value is -2.21. The Morgan fingerprint density at radius 3 is 2.64 bits per heavy atom. The van der Waals surface area contributed by atoms with Gasteiger partial charge in [0.25, 0.3) is 0 Å². The minimum atomic E-state index is 0.650. The van der Waals surface area contributed by atoms with Gasteiger partial charge in [0.1, 0.15) is 11.4 Å². The minimum absolute atomic E-state index is 0.650. The molecule has 1 aromatic carbocycles. The van der Waals surface area contributed by atoms with Crippen molar-refractivity contribution in [3.8, 4) is 5.75 Å². The summed E-state index contributed by atoms with van der Waals surface area (Å²) in [5.41, 5.74) is 2.46. The summed E-state index contributed by atoms with van der Waals surface area (Å²) < 4.78 is 8.29. The van der Waals surface area contributed by atoms with Gasteiger partial charge in [0.2, 0.25) is 0 Å². The number of halogens is 1. The van der Waals surface area contributed by atoms with Crippen molar-refractivity contribution < 1.29 is 4.74 Å². The van der Waals surface area contributed by atoms with E-state index in [1.807, 2.05) is 60.8 Å². The largest absolute Gasteiger partial charge is 0.494 e. The molecule has 3 aromatic rings. The van der Waals surface area contributed by atoms with Gasteiger partial charge in [0, 0.05) is 10.7 Å². The summed E-state index contributed by atoms with van der Waals surface area (Å²) >= 11 is 3.46. The van der Waals surface area contributed by atoms with E-state index in [-0.39, 0.29) is 0 Å². The van der Waals surface area contributed by atoms with Crippen LogP contribution in [-0.2, 0) is 0 Å². The average molecular weight is 359 g/mol. The van der Waals surface area contributed by atoms with Crippen LogP contribution >= 0.6 is 15.9 Å². The van der Waals surface area contributed by atoms with Crippen LogP contribution in [0.25, 0.3) is 5.65 Å². The number of rotatable bonds is 4. The summed E-state index contributed by atoms with van der Waals surface area (Å²) in [5, 5.41) is 8.63. The van der Waals surface area contributed by atoms with E-state index in [4.69, 9.17) is 4.74 Å². The Morgan fingerprint density at radius 2 is 1.91 bits per heavy atom. The molecule has 0 spiro atoms. The van der Waals surface area contributed by atoms with Gasteiger partial charge in [-0.2, -0.15) is 0 Å². The Balaban J connectivity index is 1.91. The Morgan fingerprint density at radius 1 is 1.14 bits per heavy atom. The molecule has 0 saturated heterocycles. The molecular weight excluding hydrogens is 344 g/mol. The molecule has 0 atom stereocenters. The lowest BCUT2D eigenvalue weighted by molar-refractivity contribution is 0.340. The fourth-order valence-corrected chi connectivity index (χ4v) is 2.46. The number of hydrogen-bond donors (Lipinski definition) is 0. The molecule has 0 bridgehead atoms. The van der Waals surface area contributed by atoms with Crippen LogP contribution in [0.2, 0.25) is 0 Å². The summed E-state index contributed by atoms with van der Waals surface area (Å²) in [6, 6.07) is 11.4. The van der Waals surface area contributed by atoms with Crippen molar-refractivity contribution in [3.63, 3.8) is 0 Å². The maximum absolute atomic E-state index is 5.41. The number of azo groups is 1. The molecule has 0 aliphatic rings. The topological polar surface area (TPSA) is 51.2 Å². The van der Waals surface area contributed by atoms with Crippen molar-refractivity contribution in [2.24, 2.45) is 10.2 Å². The highest BCUT2D eigenvalue weighted by atomic mass is 79.9. The zero-order valence-electron chi connectivity index (χ0n) is 12.3. The van der Waals surface area contributed by atoms with Crippen molar-refractivity contribution in [1.82, 2.24) is 9.38 Å². The molecule has 0 N–H and O–H groups in total. The second kappa shape index (κ2) is 6.27. The molecule has 0 aliphatic carbocycles. The number of fused-ring (bicyclic) bond motifs is 1. The number of imidazole rings is 1. The van der Waals surface area contributed by atoms with Gasteiger partial charge in [0.15, 0.2) is 5.82 Å². The van der Waals surface area contributed by atoms with E-state index in [9.17, 15) is 0 Å². The fourth-order valence-electron chi connectivity index (χ4n) is 2.13. The van der Waals surface area contributed by atoms with Crippen molar-refractivity contribution in [2.75, 3.05) is 6.61 Å². The second-order valence-electron chi connectivity index (χ2n) is 4.72. The van der Waals surface area contributed by atoms with Crippen LogP contribution in [0.15, 0.2) is 57.3 Å². The predicted molar refractivity (Wildman–Crippen MR) is 89.4 cm³/mol. The van der Waals surface area contributed by atoms with Crippen LogP contribution in [-0.4, -0.2) is 16.0 Å². The van der Waals surface area contributed by atoms with Gasteiger partial charge < -0.3 is 4.74 Å². The molecule has 2 heterocycles. The quantitative estimate of drug-likeness (QED) is 0.600. The van der Waals surface area contributed by atoms with E-state index < -0.39 is 0 Å². The van der Waals surface area contributed by atoms with Crippen LogP contribution in [0, 0.1) is 6.92 Å². The SMILES string of the molecule is CCOc1ccc(N=Nc2c(C)nc3ccc(Br)cn23)cc1. The van der Waals surface area contributed by atoms with Gasteiger partial charge in [-0.15, -0.1) is 10.2 Å². The summed E-state index contributed by atoms with van der Waals surface area (Å²) in [6.45, 7) is 4.53. The second-order valence-corrected chi connectivity index (χ2v) is 5.64. The van der Waals surface area contributed by atoms with E-state index in [0.717, 1.165) is 33.1 Å². The normalized spacial score (nSPS) is 11.4. The molecule has 5 nitrogen and oxygen atoms in total.